The Morgan fingerprint density at radius 1 is 0.605 bits per heavy atom. The Morgan fingerprint density at radius 3 is 1.58 bits per heavy atom. The lowest BCUT2D eigenvalue weighted by molar-refractivity contribution is -0.148. The first-order chi connectivity index (χ1) is 18.6. The quantitative estimate of drug-likeness (QED) is 0.114. The van der Waals surface area contributed by atoms with Crippen molar-refractivity contribution in [2.24, 2.45) is 0 Å². The van der Waals surface area contributed by atoms with Gasteiger partial charge in [0.05, 0.1) is 6.61 Å². The maximum Gasteiger partial charge on any atom is 0.306 e. The molecule has 0 amide bonds. The molecule has 3 nitrogen and oxygen atoms in total. The third kappa shape index (κ3) is 14.0. The molecule has 2 rings (SSSR count). The zero-order chi connectivity index (χ0) is 27.3. The lowest BCUT2D eigenvalue weighted by Gasteiger charge is -2.14. The van der Waals surface area contributed by atoms with Crippen LogP contribution in [0, 0.1) is 0 Å². The third-order valence-corrected chi connectivity index (χ3v) is 7.38. The van der Waals surface area contributed by atoms with Gasteiger partial charge in [0.1, 0.15) is 11.9 Å². The molecular weight excluding hydrogens is 468 g/mol. The molecule has 0 aliphatic heterocycles. The van der Waals surface area contributed by atoms with Crippen LogP contribution in [-0.2, 0) is 9.53 Å². The normalized spacial score (nSPS) is 11.9. The van der Waals surface area contributed by atoms with E-state index in [1.807, 2.05) is 6.92 Å². The lowest BCUT2D eigenvalue weighted by atomic mass is 10.0. The van der Waals surface area contributed by atoms with Crippen LogP contribution < -0.4 is 4.74 Å². The van der Waals surface area contributed by atoms with Gasteiger partial charge in [0, 0.05) is 6.42 Å². The Bertz CT molecular complexity index is 840. The number of hydrogen-bond donors (Lipinski definition) is 0. The fourth-order valence-corrected chi connectivity index (χ4v) is 4.84. The zero-order valence-electron chi connectivity index (χ0n) is 24.6. The van der Waals surface area contributed by atoms with E-state index >= 15 is 0 Å². The molecule has 0 heterocycles. The summed E-state index contributed by atoms with van der Waals surface area (Å²) in [5, 5.41) is 0. The monoisotopic (exact) mass is 522 g/mol. The standard InChI is InChI=1S/C35H54O3/c1-4-6-8-9-10-11-12-13-14-15-16-17-19-29-37-34-27-25-33(26-28-34)32-23-21-31(22-24-32)30(3)38-35(36)20-18-7-5-2/h21-28,30H,4-20,29H2,1-3H3. The SMILES string of the molecule is CCCCCCCCCCCCCCCOc1ccc(-c2ccc(C(C)OC(=O)CCCCC)cc2)cc1. The van der Waals surface area contributed by atoms with E-state index in [9.17, 15) is 4.79 Å². The van der Waals surface area contributed by atoms with E-state index in [4.69, 9.17) is 9.47 Å². The molecule has 1 unspecified atom stereocenters. The highest BCUT2D eigenvalue weighted by molar-refractivity contribution is 5.69. The number of carbonyl (C=O) groups is 1. The van der Waals surface area contributed by atoms with Gasteiger partial charge in [0.15, 0.2) is 0 Å². The van der Waals surface area contributed by atoms with E-state index in [2.05, 4.69) is 62.4 Å². The van der Waals surface area contributed by atoms with Gasteiger partial charge in [0.25, 0.3) is 0 Å². The summed E-state index contributed by atoms with van der Waals surface area (Å²) in [6, 6.07) is 16.7. The van der Waals surface area contributed by atoms with Crippen LogP contribution in [0.2, 0.25) is 0 Å². The summed E-state index contributed by atoms with van der Waals surface area (Å²) < 4.78 is 11.6. The van der Waals surface area contributed by atoms with Crippen LogP contribution in [0.25, 0.3) is 11.1 Å². The molecule has 0 saturated carbocycles. The van der Waals surface area contributed by atoms with Crippen molar-refractivity contribution in [2.75, 3.05) is 6.61 Å². The van der Waals surface area contributed by atoms with Crippen LogP contribution in [-0.4, -0.2) is 12.6 Å². The number of ether oxygens (including phenoxy) is 2. The lowest BCUT2D eigenvalue weighted by Crippen LogP contribution is -2.08. The second kappa shape index (κ2) is 20.6. The predicted octanol–water partition coefficient (Wildman–Crippen LogP) is 11.0. The van der Waals surface area contributed by atoms with Gasteiger partial charge in [-0.25, -0.2) is 0 Å². The summed E-state index contributed by atoms with van der Waals surface area (Å²) >= 11 is 0. The fraction of sp³-hybridized carbons (Fsp3) is 0.629. The smallest absolute Gasteiger partial charge is 0.306 e. The van der Waals surface area contributed by atoms with E-state index in [1.165, 1.54) is 77.0 Å². The largest absolute Gasteiger partial charge is 0.494 e. The van der Waals surface area contributed by atoms with Crippen molar-refractivity contribution in [3.05, 3.63) is 54.1 Å². The first kappa shape index (κ1) is 31.9. The van der Waals surface area contributed by atoms with E-state index in [-0.39, 0.29) is 12.1 Å². The predicted molar refractivity (Wildman–Crippen MR) is 162 cm³/mol. The molecule has 2 aromatic rings. The summed E-state index contributed by atoms with van der Waals surface area (Å²) in [6.45, 7) is 7.15. The Kier molecular flexibility index (Phi) is 17.3. The van der Waals surface area contributed by atoms with Crippen molar-refractivity contribution < 1.29 is 14.3 Å². The number of carbonyl (C=O) groups excluding carboxylic acids is 1. The highest BCUT2D eigenvalue weighted by Crippen LogP contribution is 2.26. The topological polar surface area (TPSA) is 35.5 Å². The first-order valence-electron chi connectivity index (χ1n) is 15.7. The van der Waals surface area contributed by atoms with Gasteiger partial charge < -0.3 is 9.47 Å². The number of esters is 1. The Morgan fingerprint density at radius 2 is 1.05 bits per heavy atom. The minimum atomic E-state index is -0.223. The molecule has 0 aliphatic carbocycles. The van der Waals surface area contributed by atoms with Crippen molar-refractivity contribution in [1.29, 1.82) is 0 Å². The molecule has 212 valence electrons. The second-order valence-corrected chi connectivity index (χ2v) is 10.8. The number of unbranched alkanes of at least 4 members (excludes halogenated alkanes) is 14. The Labute approximate surface area is 233 Å². The molecule has 0 bridgehead atoms. The van der Waals surface area contributed by atoms with E-state index < -0.39 is 0 Å². The summed E-state index contributed by atoms with van der Waals surface area (Å²) in [5.41, 5.74) is 3.34. The Hall–Kier alpha value is -2.29. The van der Waals surface area contributed by atoms with Crippen molar-refractivity contribution in [3.63, 3.8) is 0 Å². The molecule has 0 saturated heterocycles. The second-order valence-electron chi connectivity index (χ2n) is 10.8. The molecule has 0 aromatic heterocycles. The van der Waals surface area contributed by atoms with Crippen molar-refractivity contribution in [2.45, 2.75) is 136 Å². The van der Waals surface area contributed by atoms with Gasteiger partial charge in [-0.05, 0) is 48.6 Å². The minimum absolute atomic E-state index is 0.107. The number of benzene rings is 2. The van der Waals surface area contributed by atoms with E-state index in [0.717, 1.165) is 54.7 Å². The van der Waals surface area contributed by atoms with Crippen LogP contribution in [0.4, 0.5) is 0 Å². The van der Waals surface area contributed by atoms with Gasteiger partial charge in [-0.15, -0.1) is 0 Å². The maximum atomic E-state index is 12.0. The average Bonchev–Trinajstić information content (AvgIpc) is 2.94. The van der Waals surface area contributed by atoms with Crippen LogP contribution >= 0.6 is 0 Å². The van der Waals surface area contributed by atoms with Crippen molar-refractivity contribution in [1.82, 2.24) is 0 Å². The number of rotatable bonds is 22. The summed E-state index contributed by atoms with van der Waals surface area (Å²) in [5.74, 6) is 0.831. The molecule has 2 aromatic carbocycles. The molecule has 3 heteroatoms. The summed E-state index contributed by atoms with van der Waals surface area (Å²) in [7, 11) is 0. The van der Waals surface area contributed by atoms with Crippen LogP contribution in [0.1, 0.15) is 142 Å². The molecular formula is C35H54O3. The van der Waals surface area contributed by atoms with Gasteiger partial charge >= 0.3 is 5.97 Å². The third-order valence-electron chi connectivity index (χ3n) is 7.38. The van der Waals surface area contributed by atoms with Crippen LogP contribution in [0.3, 0.4) is 0 Å². The maximum absolute atomic E-state index is 12.0. The van der Waals surface area contributed by atoms with E-state index in [1.54, 1.807) is 0 Å². The molecule has 1 atom stereocenters. The highest BCUT2D eigenvalue weighted by Gasteiger charge is 2.11. The highest BCUT2D eigenvalue weighted by atomic mass is 16.5. The van der Waals surface area contributed by atoms with Gasteiger partial charge in [-0.3, -0.25) is 4.79 Å². The van der Waals surface area contributed by atoms with Gasteiger partial charge in [-0.1, -0.05) is 140 Å². The molecule has 0 aliphatic rings. The average molecular weight is 523 g/mol. The van der Waals surface area contributed by atoms with E-state index in [0.29, 0.717) is 6.42 Å². The number of hydrogen-bond acceptors (Lipinski definition) is 3. The summed E-state index contributed by atoms with van der Waals surface area (Å²) in [6.07, 6.45) is 21.1. The van der Waals surface area contributed by atoms with Crippen molar-refractivity contribution >= 4 is 5.97 Å². The zero-order valence-corrected chi connectivity index (χ0v) is 24.6. The Balaban J connectivity index is 1.57. The minimum Gasteiger partial charge on any atom is -0.494 e. The van der Waals surface area contributed by atoms with Gasteiger partial charge in [-0.2, -0.15) is 0 Å². The van der Waals surface area contributed by atoms with Crippen molar-refractivity contribution in [3.8, 4) is 16.9 Å². The molecule has 0 spiro atoms. The molecule has 38 heavy (non-hydrogen) atoms. The van der Waals surface area contributed by atoms with Crippen LogP contribution in [0.15, 0.2) is 48.5 Å². The van der Waals surface area contributed by atoms with Gasteiger partial charge in [0.2, 0.25) is 0 Å². The van der Waals surface area contributed by atoms with Crippen LogP contribution in [0.5, 0.6) is 5.75 Å². The molecule has 0 radical (unpaired) electrons. The molecule has 0 N–H and O–H groups in total. The fourth-order valence-electron chi connectivity index (χ4n) is 4.84. The molecule has 0 fully saturated rings. The summed E-state index contributed by atoms with van der Waals surface area (Å²) in [4.78, 5) is 12.0. The first-order valence-corrected chi connectivity index (χ1v) is 15.7.